The zero-order chi connectivity index (χ0) is 12.5. The molecule has 1 aromatic rings. The predicted octanol–water partition coefficient (Wildman–Crippen LogP) is 2.17. The monoisotopic (exact) mass is 236 g/mol. The van der Waals surface area contributed by atoms with Gasteiger partial charge in [-0.25, -0.2) is 0 Å². The van der Waals surface area contributed by atoms with Gasteiger partial charge in [0, 0.05) is 18.8 Å². The third-order valence-corrected chi connectivity index (χ3v) is 2.86. The first-order chi connectivity index (χ1) is 8.24. The van der Waals surface area contributed by atoms with E-state index in [4.69, 9.17) is 10.5 Å². The van der Waals surface area contributed by atoms with Crippen molar-refractivity contribution >= 4 is 5.69 Å². The number of nitrogens with two attached hydrogens (primary N) is 1. The second-order valence-corrected chi connectivity index (χ2v) is 4.30. The van der Waals surface area contributed by atoms with E-state index < -0.39 is 0 Å². The quantitative estimate of drug-likeness (QED) is 0.555. The molecule has 0 atom stereocenters. The summed E-state index contributed by atoms with van der Waals surface area (Å²) in [4.78, 5) is 2.30. The molecule has 0 spiro atoms. The summed E-state index contributed by atoms with van der Waals surface area (Å²) in [5, 5.41) is 0. The van der Waals surface area contributed by atoms with Crippen LogP contribution in [0.1, 0.15) is 18.9 Å². The first-order valence-corrected chi connectivity index (χ1v) is 6.33. The summed E-state index contributed by atoms with van der Waals surface area (Å²) >= 11 is 0. The van der Waals surface area contributed by atoms with Gasteiger partial charge in [-0.1, -0.05) is 18.2 Å². The van der Waals surface area contributed by atoms with E-state index in [0.717, 1.165) is 44.8 Å². The molecule has 0 unspecified atom stereocenters. The zero-order valence-electron chi connectivity index (χ0n) is 11.0. The fourth-order valence-corrected chi connectivity index (χ4v) is 1.78. The van der Waals surface area contributed by atoms with E-state index in [1.54, 1.807) is 0 Å². The molecular formula is C14H24N2O. The predicted molar refractivity (Wildman–Crippen MR) is 73.2 cm³/mol. The molecule has 1 aromatic carbocycles. The van der Waals surface area contributed by atoms with Crippen molar-refractivity contribution in [2.24, 2.45) is 0 Å². The number of hydrogen-bond donors (Lipinski definition) is 1. The van der Waals surface area contributed by atoms with Crippen molar-refractivity contribution in [3.63, 3.8) is 0 Å². The van der Waals surface area contributed by atoms with Crippen LogP contribution in [0.15, 0.2) is 24.3 Å². The lowest BCUT2D eigenvalue weighted by Gasteiger charge is -2.16. The Morgan fingerprint density at radius 1 is 1.24 bits per heavy atom. The summed E-state index contributed by atoms with van der Waals surface area (Å²) in [5.74, 6) is 0. The molecule has 0 aromatic heterocycles. The molecule has 0 saturated carbocycles. The molecule has 0 aliphatic carbocycles. The summed E-state index contributed by atoms with van der Waals surface area (Å²) in [6.45, 7) is 5.73. The third kappa shape index (κ3) is 5.71. The highest BCUT2D eigenvalue weighted by Gasteiger charge is 2.00. The van der Waals surface area contributed by atoms with Gasteiger partial charge in [0.25, 0.3) is 0 Å². The van der Waals surface area contributed by atoms with Gasteiger partial charge in [-0.15, -0.1) is 0 Å². The van der Waals surface area contributed by atoms with Crippen LogP contribution in [-0.4, -0.2) is 38.3 Å². The Labute approximate surface area is 105 Å². The molecular weight excluding hydrogens is 212 g/mol. The maximum Gasteiger partial charge on any atom is 0.0593 e. The number of hydrogen-bond acceptors (Lipinski definition) is 3. The third-order valence-electron chi connectivity index (χ3n) is 2.86. The summed E-state index contributed by atoms with van der Waals surface area (Å²) in [5.41, 5.74) is 8.06. The number of nitrogen functional groups attached to an aromatic ring is 1. The topological polar surface area (TPSA) is 38.5 Å². The SMILES string of the molecule is CCOCCN(C)CCCc1ccccc1N. The molecule has 0 amide bonds. The standard InChI is InChI=1S/C14H24N2O/c1-3-17-12-11-16(2)10-6-8-13-7-4-5-9-14(13)15/h4-5,7,9H,3,6,8,10-12,15H2,1-2H3. The van der Waals surface area contributed by atoms with Gasteiger partial charge in [-0.05, 0) is 45.0 Å². The molecule has 3 nitrogen and oxygen atoms in total. The minimum absolute atomic E-state index is 0.800. The van der Waals surface area contributed by atoms with Gasteiger partial charge in [0.1, 0.15) is 0 Å². The lowest BCUT2D eigenvalue weighted by atomic mass is 10.1. The minimum Gasteiger partial charge on any atom is -0.399 e. The summed E-state index contributed by atoms with van der Waals surface area (Å²) < 4.78 is 5.33. The van der Waals surface area contributed by atoms with Crippen LogP contribution in [0.4, 0.5) is 5.69 Å². The van der Waals surface area contributed by atoms with E-state index in [-0.39, 0.29) is 0 Å². The molecule has 0 fully saturated rings. The van der Waals surface area contributed by atoms with Crippen molar-refractivity contribution < 1.29 is 4.74 Å². The lowest BCUT2D eigenvalue weighted by Crippen LogP contribution is -2.24. The molecule has 3 heteroatoms. The van der Waals surface area contributed by atoms with Gasteiger partial charge in [0.2, 0.25) is 0 Å². The highest BCUT2D eigenvalue weighted by molar-refractivity contribution is 5.46. The van der Waals surface area contributed by atoms with Crippen molar-refractivity contribution in [1.82, 2.24) is 4.90 Å². The fraction of sp³-hybridized carbons (Fsp3) is 0.571. The van der Waals surface area contributed by atoms with Crippen LogP contribution in [0.2, 0.25) is 0 Å². The lowest BCUT2D eigenvalue weighted by molar-refractivity contribution is 0.122. The molecule has 0 bridgehead atoms. The summed E-state index contributed by atoms with van der Waals surface area (Å²) in [7, 11) is 2.13. The number of rotatable bonds is 8. The van der Waals surface area contributed by atoms with Crippen LogP contribution < -0.4 is 5.73 Å². The maximum atomic E-state index is 5.90. The number of ether oxygens (including phenoxy) is 1. The number of para-hydroxylation sites is 1. The van der Waals surface area contributed by atoms with Crippen LogP contribution in [0, 0.1) is 0 Å². The average molecular weight is 236 g/mol. The molecule has 0 aliphatic rings. The van der Waals surface area contributed by atoms with E-state index in [2.05, 4.69) is 18.0 Å². The number of likely N-dealkylation sites (N-methyl/N-ethyl adjacent to an activating group) is 1. The first-order valence-electron chi connectivity index (χ1n) is 6.33. The Morgan fingerprint density at radius 3 is 2.71 bits per heavy atom. The first kappa shape index (κ1) is 14.0. The van der Waals surface area contributed by atoms with Crippen molar-refractivity contribution in [1.29, 1.82) is 0 Å². The molecule has 0 aliphatic heterocycles. The fourth-order valence-electron chi connectivity index (χ4n) is 1.78. The van der Waals surface area contributed by atoms with Crippen molar-refractivity contribution in [3.05, 3.63) is 29.8 Å². The van der Waals surface area contributed by atoms with Crippen LogP contribution in [0.25, 0.3) is 0 Å². The Morgan fingerprint density at radius 2 is 2.00 bits per heavy atom. The van der Waals surface area contributed by atoms with Gasteiger partial charge in [-0.2, -0.15) is 0 Å². The van der Waals surface area contributed by atoms with Crippen LogP contribution in [0.3, 0.4) is 0 Å². The van der Waals surface area contributed by atoms with Gasteiger partial charge in [0.05, 0.1) is 6.61 Å². The maximum absolute atomic E-state index is 5.90. The number of anilines is 1. The van der Waals surface area contributed by atoms with Crippen molar-refractivity contribution in [2.75, 3.05) is 39.1 Å². The molecule has 0 heterocycles. The van der Waals surface area contributed by atoms with E-state index in [0.29, 0.717) is 0 Å². The Hall–Kier alpha value is -1.06. The van der Waals surface area contributed by atoms with Gasteiger partial charge >= 0.3 is 0 Å². The number of benzene rings is 1. The second kappa shape index (κ2) is 8.09. The Bertz CT molecular complexity index is 315. The van der Waals surface area contributed by atoms with Crippen LogP contribution in [0.5, 0.6) is 0 Å². The smallest absolute Gasteiger partial charge is 0.0593 e. The van der Waals surface area contributed by atoms with E-state index in [9.17, 15) is 0 Å². The molecule has 96 valence electrons. The molecule has 0 radical (unpaired) electrons. The molecule has 2 N–H and O–H groups in total. The highest BCUT2D eigenvalue weighted by atomic mass is 16.5. The van der Waals surface area contributed by atoms with Crippen LogP contribution in [-0.2, 0) is 11.2 Å². The normalized spacial score (nSPS) is 11.0. The molecule has 1 rings (SSSR count). The van der Waals surface area contributed by atoms with Gasteiger partial charge in [-0.3, -0.25) is 0 Å². The number of aryl methyl sites for hydroxylation is 1. The van der Waals surface area contributed by atoms with E-state index >= 15 is 0 Å². The largest absolute Gasteiger partial charge is 0.399 e. The van der Waals surface area contributed by atoms with Crippen LogP contribution >= 0.6 is 0 Å². The summed E-state index contributed by atoms with van der Waals surface area (Å²) in [6, 6.07) is 8.10. The van der Waals surface area contributed by atoms with Gasteiger partial charge < -0.3 is 15.4 Å². The van der Waals surface area contributed by atoms with Crippen molar-refractivity contribution in [2.45, 2.75) is 19.8 Å². The minimum atomic E-state index is 0.800. The Kier molecular flexibility index (Phi) is 6.67. The zero-order valence-corrected chi connectivity index (χ0v) is 11.0. The molecule has 17 heavy (non-hydrogen) atoms. The second-order valence-electron chi connectivity index (χ2n) is 4.30. The number of nitrogens with zero attached hydrogens (tertiary/aromatic N) is 1. The van der Waals surface area contributed by atoms with E-state index in [1.807, 2.05) is 25.1 Å². The van der Waals surface area contributed by atoms with Gasteiger partial charge in [0.15, 0.2) is 0 Å². The van der Waals surface area contributed by atoms with Crippen molar-refractivity contribution in [3.8, 4) is 0 Å². The summed E-state index contributed by atoms with van der Waals surface area (Å²) in [6.07, 6.45) is 2.18. The highest BCUT2D eigenvalue weighted by Crippen LogP contribution is 2.12. The van der Waals surface area contributed by atoms with E-state index in [1.165, 1.54) is 5.56 Å². The molecule has 0 saturated heterocycles. The Balaban J connectivity index is 2.17. The average Bonchev–Trinajstić information content (AvgIpc) is 2.32.